The number of nitrogen functional groups attached to an aromatic ring is 1. The van der Waals surface area contributed by atoms with E-state index in [2.05, 4.69) is 20.0 Å². The highest BCUT2D eigenvalue weighted by atomic mass is 32.2. The number of hydrogen-bond donors (Lipinski definition) is 2. The molecule has 0 unspecified atom stereocenters. The van der Waals surface area contributed by atoms with Crippen LogP contribution in [0.1, 0.15) is 20.9 Å². The monoisotopic (exact) mass is 459 g/mol. The molecule has 4 rings (SSSR count). The summed E-state index contributed by atoms with van der Waals surface area (Å²) in [4.78, 5) is 21.1. The van der Waals surface area contributed by atoms with Gasteiger partial charge in [0.05, 0.1) is 16.0 Å². The first-order valence-electron chi connectivity index (χ1n) is 8.75. The average molecular weight is 460 g/mol. The lowest BCUT2D eigenvalue weighted by molar-refractivity contribution is -0.351. The summed E-state index contributed by atoms with van der Waals surface area (Å²) in [7, 11) is -3.88. The lowest BCUT2D eigenvalue weighted by Gasteiger charge is -2.12. The fourth-order valence-corrected chi connectivity index (χ4v) is 5.83. The van der Waals surface area contributed by atoms with Crippen LogP contribution in [0.25, 0.3) is 14.9 Å². The molecule has 4 aromatic rings. The van der Waals surface area contributed by atoms with Crippen LogP contribution in [-0.4, -0.2) is 19.3 Å². The number of hydrogen-bond acceptors (Lipinski definition) is 7. The number of aromatic nitrogens is 2. The van der Waals surface area contributed by atoms with Crippen molar-refractivity contribution in [1.82, 2.24) is 4.98 Å². The molecule has 8 nitrogen and oxygen atoms in total. The van der Waals surface area contributed by atoms with Crippen LogP contribution in [0.5, 0.6) is 0 Å². The number of aromatic amines is 1. The number of thiazole rings is 1. The smallest absolute Gasteiger partial charge is 0.270 e. The summed E-state index contributed by atoms with van der Waals surface area (Å²) < 4.78 is 28.4. The number of H-pyrrole nitrogens is 1. The van der Waals surface area contributed by atoms with Crippen LogP contribution < -0.4 is 16.0 Å². The highest BCUT2D eigenvalue weighted by molar-refractivity contribution is 7.94. The molecule has 0 saturated carbocycles. The number of benzene rings is 1. The average Bonchev–Trinajstić information content (AvgIpc) is 3.29. The minimum absolute atomic E-state index is 0.0118. The summed E-state index contributed by atoms with van der Waals surface area (Å²) in [5.41, 5.74) is 9.06. The van der Waals surface area contributed by atoms with Crippen LogP contribution in [-0.2, 0) is 10.0 Å². The predicted octanol–water partition coefficient (Wildman–Crippen LogP) is 4.02. The van der Waals surface area contributed by atoms with Gasteiger partial charge in [-0.3, -0.25) is 4.79 Å². The van der Waals surface area contributed by atoms with Gasteiger partial charge in [-0.25, -0.2) is 8.42 Å². The van der Waals surface area contributed by atoms with E-state index in [0.717, 1.165) is 32.8 Å². The van der Waals surface area contributed by atoms with Gasteiger partial charge in [0.1, 0.15) is 4.88 Å². The highest BCUT2D eigenvalue weighted by Gasteiger charge is 2.22. The van der Waals surface area contributed by atoms with E-state index in [-0.39, 0.29) is 15.9 Å². The maximum Gasteiger partial charge on any atom is 0.270 e. The van der Waals surface area contributed by atoms with Gasteiger partial charge in [-0.1, -0.05) is 17.5 Å². The second-order valence-electron chi connectivity index (χ2n) is 6.54. The normalized spacial score (nSPS) is 11.5. The van der Waals surface area contributed by atoms with Crippen LogP contribution >= 0.6 is 22.7 Å². The molecule has 0 spiro atoms. The Kier molecular flexibility index (Phi) is 5.18. The summed E-state index contributed by atoms with van der Waals surface area (Å²) in [6, 6.07) is 7.76. The Morgan fingerprint density at radius 2 is 1.97 bits per heavy atom. The highest BCUT2D eigenvalue weighted by Crippen LogP contribution is 2.34. The minimum atomic E-state index is -3.88. The molecule has 4 N–H and O–H groups in total. The number of nitrogens with zero attached hydrogens (tertiary/aromatic N) is 2. The maximum atomic E-state index is 12.8. The number of rotatable bonds is 5. The summed E-state index contributed by atoms with van der Waals surface area (Å²) >= 11 is 2.41. The third-order valence-electron chi connectivity index (χ3n) is 4.32. The topological polar surface area (TPSA) is 130 Å². The van der Waals surface area contributed by atoms with Crippen molar-refractivity contribution in [3.63, 3.8) is 0 Å². The molecule has 0 radical (unpaired) electrons. The van der Waals surface area contributed by atoms with Gasteiger partial charge in [-0.2, -0.15) is 16.3 Å². The first-order valence-corrected chi connectivity index (χ1v) is 11.9. The zero-order valence-electron chi connectivity index (χ0n) is 16.0. The lowest BCUT2D eigenvalue weighted by atomic mass is 10.1. The summed E-state index contributed by atoms with van der Waals surface area (Å²) in [5.74, 6) is -0.359. The van der Waals surface area contributed by atoms with Gasteiger partial charge >= 0.3 is 0 Å². The molecule has 1 aromatic carbocycles. The Labute approximate surface area is 180 Å². The van der Waals surface area contributed by atoms with Crippen molar-refractivity contribution in [2.45, 2.75) is 18.7 Å². The van der Waals surface area contributed by atoms with Crippen LogP contribution in [0.15, 0.2) is 46.8 Å². The third-order valence-corrected chi connectivity index (χ3v) is 7.50. The van der Waals surface area contributed by atoms with Crippen molar-refractivity contribution in [1.29, 1.82) is 0 Å². The summed E-state index contributed by atoms with van der Waals surface area (Å²) in [6.45, 7) is 3.89. The van der Waals surface area contributed by atoms with Gasteiger partial charge in [0.2, 0.25) is 10.0 Å². The van der Waals surface area contributed by atoms with Gasteiger partial charge in [0.15, 0.2) is 5.69 Å². The number of pyridine rings is 1. The van der Waals surface area contributed by atoms with Crippen molar-refractivity contribution < 1.29 is 18.2 Å². The zero-order valence-corrected chi connectivity index (χ0v) is 18.4. The molecule has 0 bridgehead atoms. The van der Waals surface area contributed by atoms with Crippen LogP contribution in [0.3, 0.4) is 0 Å². The zero-order chi connectivity index (χ0) is 21.5. The van der Waals surface area contributed by atoms with Gasteiger partial charge in [0, 0.05) is 23.8 Å². The number of nitrogens with one attached hydrogen (secondary N) is 2. The lowest BCUT2D eigenvalue weighted by Crippen LogP contribution is -2.12. The Hall–Kier alpha value is -3.02. The number of amides is 1. The van der Waals surface area contributed by atoms with E-state index in [0.29, 0.717) is 16.3 Å². The van der Waals surface area contributed by atoms with Crippen LogP contribution in [0.2, 0.25) is 0 Å². The maximum absolute atomic E-state index is 12.8. The van der Waals surface area contributed by atoms with E-state index in [4.69, 9.17) is 5.73 Å². The second-order valence-corrected chi connectivity index (χ2v) is 10.0. The van der Waals surface area contributed by atoms with Crippen molar-refractivity contribution >= 4 is 65.3 Å². The predicted molar refractivity (Wildman–Crippen MR) is 119 cm³/mol. The number of fused-ring (bicyclic) bond motifs is 1. The number of nitrogens with two attached hydrogens (primary N) is 1. The number of aryl methyl sites for hydroxylation is 2. The van der Waals surface area contributed by atoms with Gasteiger partial charge in [-0.15, -0.1) is 0 Å². The quantitative estimate of drug-likeness (QED) is 0.465. The molecule has 11 heteroatoms. The molecule has 1 amide bonds. The molecule has 3 heterocycles. The SMILES string of the molecule is Cc1cc(C)c2c(N)c(C(=O)Nc3ccc(S(=O)(=O)[N-]c4nccs4)cc3)sc2[nH+]1. The van der Waals surface area contributed by atoms with Gasteiger partial charge < -0.3 is 20.8 Å². The fraction of sp³-hybridized carbons (Fsp3) is 0.105. The van der Waals surface area contributed by atoms with Crippen molar-refractivity contribution in [3.8, 4) is 0 Å². The first-order chi connectivity index (χ1) is 14.2. The van der Waals surface area contributed by atoms with E-state index < -0.39 is 10.0 Å². The first kappa shape index (κ1) is 20.3. The van der Waals surface area contributed by atoms with E-state index in [9.17, 15) is 13.2 Å². The van der Waals surface area contributed by atoms with E-state index in [1.807, 2.05) is 19.9 Å². The van der Waals surface area contributed by atoms with Crippen molar-refractivity contribution in [3.05, 3.63) is 62.8 Å². The molecule has 0 aliphatic rings. The van der Waals surface area contributed by atoms with Gasteiger partial charge in [0.25, 0.3) is 10.7 Å². The largest absolute Gasteiger partial charge is 0.433 e. The summed E-state index contributed by atoms with van der Waals surface area (Å²) in [5, 5.41) is 5.40. The molecular weight excluding hydrogens is 442 g/mol. The van der Waals surface area contributed by atoms with E-state index in [1.165, 1.54) is 41.8 Å². The van der Waals surface area contributed by atoms with E-state index in [1.54, 1.807) is 5.38 Å². The summed E-state index contributed by atoms with van der Waals surface area (Å²) in [6.07, 6.45) is 1.48. The molecule has 30 heavy (non-hydrogen) atoms. The molecule has 154 valence electrons. The van der Waals surface area contributed by atoms with E-state index >= 15 is 0 Å². The fourth-order valence-electron chi connectivity index (χ4n) is 3.02. The Morgan fingerprint density at radius 1 is 1.23 bits per heavy atom. The molecule has 0 saturated heterocycles. The number of sulfonamides is 1. The second kappa shape index (κ2) is 7.67. The number of anilines is 2. The molecular formula is C19H17N5O3S3. The van der Waals surface area contributed by atoms with Crippen molar-refractivity contribution in [2.24, 2.45) is 0 Å². The van der Waals surface area contributed by atoms with Crippen LogP contribution in [0.4, 0.5) is 16.5 Å². The molecule has 0 fully saturated rings. The molecule has 0 aliphatic carbocycles. The molecule has 3 aromatic heterocycles. The Bertz CT molecular complexity index is 1340. The van der Waals surface area contributed by atoms with Gasteiger partial charge in [-0.05, 0) is 42.1 Å². The Balaban J connectivity index is 1.55. The third kappa shape index (κ3) is 3.86. The minimum Gasteiger partial charge on any atom is -0.433 e. The number of thiophene rings is 1. The molecule has 0 atom stereocenters. The standard InChI is InChI=1S/C19H17N5O3S3/c1-10-9-11(2)22-18-14(10)15(20)16(29-18)17(25)23-12-3-5-13(6-4-12)30(26,27)24-19-21-7-8-28-19/h3-9H,1-2H3,(H4,20,21,23,24,25). The molecule has 0 aliphatic heterocycles. The number of carbonyl (C=O) groups is 1. The van der Waals surface area contributed by atoms with Crippen molar-refractivity contribution in [2.75, 3.05) is 11.1 Å². The number of carbonyl (C=O) groups excluding carboxylic acids is 1. The Morgan fingerprint density at radius 3 is 2.63 bits per heavy atom. The van der Waals surface area contributed by atoms with Crippen LogP contribution in [0, 0.1) is 13.8 Å².